The maximum Gasteiger partial charge on any atom is 0.261 e. The first kappa shape index (κ1) is 40.4. The van der Waals surface area contributed by atoms with Gasteiger partial charge in [-0.3, -0.25) is 28.9 Å². The summed E-state index contributed by atoms with van der Waals surface area (Å²) in [4.78, 5) is 73.1. The van der Waals surface area contributed by atoms with Crippen LogP contribution in [0.4, 0.5) is 11.4 Å². The molecule has 5 amide bonds. The van der Waals surface area contributed by atoms with E-state index in [0.717, 1.165) is 24.2 Å². The highest BCUT2D eigenvalue weighted by molar-refractivity contribution is 6.21. The van der Waals surface area contributed by atoms with Crippen LogP contribution in [0, 0.1) is 0 Å². The first-order valence-electron chi connectivity index (χ1n) is 19.7. The van der Waals surface area contributed by atoms with Gasteiger partial charge in [0.15, 0.2) is 0 Å². The Bertz CT molecular complexity index is 2350. The Labute approximate surface area is 343 Å². The van der Waals surface area contributed by atoms with E-state index in [-0.39, 0.29) is 48.3 Å². The molecule has 2 aliphatic heterocycles. The number of rotatable bonds is 13. The van der Waals surface area contributed by atoms with Crippen molar-refractivity contribution in [3.63, 3.8) is 0 Å². The summed E-state index contributed by atoms with van der Waals surface area (Å²) in [6, 6.07) is 33.9. The fraction of sp³-hybridized carbons (Fsp3) is 0.255. The first-order valence-corrected chi connectivity index (χ1v) is 19.7. The number of amides is 5. The minimum Gasteiger partial charge on any atom is -0.495 e. The number of fused-ring (bicyclic) bond motifs is 1. The summed E-state index contributed by atoms with van der Waals surface area (Å²) in [7, 11) is 5.23. The van der Waals surface area contributed by atoms with Gasteiger partial charge in [-0.25, -0.2) is 0 Å². The van der Waals surface area contributed by atoms with Crippen LogP contribution in [0.25, 0.3) is 0 Å². The van der Waals surface area contributed by atoms with Crippen molar-refractivity contribution in [2.75, 3.05) is 70.8 Å². The van der Waals surface area contributed by atoms with Crippen LogP contribution in [0.5, 0.6) is 11.5 Å². The third-order valence-corrected chi connectivity index (χ3v) is 11.0. The molecule has 5 aromatic carbocycles. The Morgan fingerprint density at radius 1 is 0.763 bits per heavy atom. The summed E-state index contributed by atoms with van der Waals surface area (Å²) in [6.07, 6.45) is 0.372. The molecule has 0 saturated carbocycles. The third-order valence-electron chi connectivity index (χ3n) is 11.0. The fourth-order valence-electron chi connectivity index (χ4n) is 7.47. The SMILES string of the molecule is COc1cc(C(=O)N(C)c2ccc(C(C)c3ccccc3C(=O)N3CCN(C)CC3)cc2)ccc1NC(=O)c1ccccc1OCCCN1C(=O)c2ccccc2C1=O. The van der Waals surface area contributed by atoms with E-state index in [0.29, 0.717) is 64.6 Å². The predicted octanol–water partition coefficient (Wildman–Crippen LogP) is 6.83. The van der Waals surface area contributed by atoms with Crippen molar-refractivity contribution in [2.45, 2.75) is 19.3 Å². The quantitative estimate of drug-likeness (QED) is 0.102. The van der Waals surface area contributed by atoms with Crippen molar-refractivity contribution < 1.29 is 33.4 Å². The average Bonchev–Trinajstić information content (AvgIpc) is 3.52. The maximum absolute atomic E-state index is 13.7. The Kier molecular flexibility index (Phi) is 12.2. The van der Waals surface area contributed by atoms with Gasteiger partial charge >= 0.3 is 0 Å². The lowest BCUT2D eigenvalue weighted by atomic mass is 9.89. The van der Waals surface area contributed by atoms with Gasteiger partial charge in [-0.1, -0.05) is 61.5 Å². The van der Waals surface area contributed by atoms with Gasteiger partial charge < -0.3 is 29.5 Å². The van der Waals surface area contributed by atoms with E-state index in [1.54, 1.807) is 78.7 Å². The van der Waals surface area contributed by atoms with Gasteiger partial charge in [-0.05, 0) is 85.3 Å². The molecule has 0 spiro atoms. The summed E-state index contributed by atoms with van der Waals surface area (Å²) in [5, 5.41) is 2.87. The Hall–Kier alpha value is -6.79. The second kappa shape index (κ2) is 17.8. The van der Waals surface area contributed by atoms with Crippen molar-refractivity contribution in [2.24, 2.45) is 0 Å². The lowest BCUT2D eigenvalue weighted by Gasteiger charge is -2.33. The minimum absolute atomic E-state index is 0.0502. The number of benzene rings is 5. The molecule has 5 aromatic rings. The van der Waals surface area contributed by atoms with Crippen molar-refractivity contribution in [1.29, 1.82) is 0 Å². The van der Waals surface area contributed by atoms with Gasteiger partial charge in [0, 0.05) is 62.5 Å². The highest BCUT2D eigenvalue weighted by Gasteiger charge is 2.34. The lowest BCUT2D eigenvalue weighted by Crippen LogP contribution is -2.47. The number of carbonyl (C=O) groups excluding carboxylic acids is 5. The van der Waals surface area contributed by atoms with Gasteiger partial charge in [0.1, 0.15) is 11.5 Å². The molecule has 2 heterocycles. The molecular formula is C47H47N5O7. The number of ether oxygens (including phenoxy) is 2. The van der Waals surface area contributed by atoms with Crippen LogP contribution in [0.3, 0.4) is 0 Å². The van der Waals surface area contributed by atoms with Crippen LogP contribution in [0.15, 0.2) is 115 Å². The molecule has 12 nitrogen and oxygen atoms in total. The van der Waals surface area contributed by atoms with Crippen LogP contribution < -0.4 is 19.7 Å². The van der Waals surface area contributed by atoms with Gasteiger partial charge in [-0.2, -0.15) is 0 Å². The highest BCUT2D eigenvalue weighted by Crippen LogP contribution is 2.32. The molecule has 0 aliphatic carbocycles. The van der Waals surface area contributed by atoms with Gasteiger partial charge in [0.05, 0.1) is 36.1 Å². The Morgan fingerprint density at radius 2 is 1.39 bits per heavy atom. The number of anilines is 2. The van der Waals surface area contributed by atoms with Gasteiger partial charge in [0.25, 0.3) is 29.5 Å². The highest BCUT2D eigenvalue weighted by atomic mass is 16.5. The van der Waals surface area contributed by atoms with Crippen molar-refractivity contribution in [3.05, 3.63) is 154 Å². The van der Waals surface area contributed by atoms with Crippen molar-refractivity contribution in [1.82, 2.24) is 14.7 Å². The fourth-order valence-corrected chi connectivity index (χ4v) is 7.47. The third kappa shape index (κ3) is 8.58. The molecule has 7 rings (SSSR count). The molecule has 1 N–H and O–H groups in total. The number of imide groups is 1. The number of carbonyl (C=O) groups is 5. The van der Waals surface area contributed by atoms with E-state index in [1.807, 2.05) is 53.4 Å². The van der Waals surface area contributed by atoms with Gasteiger partial charge in [0.2, 0.25) is 0 Å². The number of hydrogen-bond acceptors (Lipinski definition) is 8. The average molecular weight is 794 g/mol. The maximum atomic E-state index is 13.7. The van der Waals surface area contributed by atoms with E-state index in [4.69, 9.17) is 9.47 Å². The monoisotopic (exact) mass is 793 g/mol. The second-order valence-electron chi connectivity index (χ2n) is 14.7. The smallest absolute Gasteiger partial charge is 0.261 e. The molecule has 59 heavy (non-hydrogen) atoms. The summed E-state index contributed by atoms with van der Waals surface area (Å²) >= 11 is 0. The minimum atomic E-state index is -0.448. The normalized spacial score (nSPS) is 14.4. The molecule has 2 aliphatic rings. The standard InChI is InChI=1S/C47H47N5O7/c1-31(35-12-5-6-13-36(35)45(55)51-27-25-49(2)26-28-51)32-18-21-34(22-19-32)50(3)44(54)33-20-23-40(42(30-33)58-4)48-43(53)39-16-9-10-17-41(39)59-29-11-24-52-46(56)37-14-7-8-15-38(37)47(52)57/h5-10,12-23,30-31H,11,24-29H2,1-4H3,(H,48,53). The van der Waals surface area contributed by atoms with Crippen LogP contribution in [-0.2, 0) is 0 Å². The summed E-state index contributed by atoms with van der Waals surface area (Å²) in [5.74, 6) is -0.745. The molecule has 12 heteroatoms. The number of nitrogens with zero attached hydrogens (tertiary/aromatic N) is 4. The zero-order valence-electron chi connectivity index (χ0n) is 33.6. The number of hydrogen-bond donors (Lipinski definition) is 1. The largest absolute Gasteiger partial charge is 0.495 e. The van der Waals surface area contributed by atoms with Crippen LogP contribution in [0.1, 0.15) is 82.2 Å². The zero-order chi connectivity index (χ0) is 41.6. The van der Waals surface area contributed by atoms with E-state index < -0.39 is 5.91 Å². The number of likely N-dealkylation sites (N-methyl/N-ethyl adjacent to an activating group) is 1. The van der Waals surface area contributed by atoms with Crippen LogP contribution in [0.2, 0.25) is 0 Å². The van der Waals surface area contributed by atoms with Gasteiger partial charge in [-0.15, -0.1) is 0 Å². The Morgan fingerprint density at radius 3 is 2.07 bits per heavy atom. The summed E-state index contributed by atoms with van der Waals surface area (Å²) in [6.45, 7) is 5.54. The lowest BCUT2D eigenvalue weighted by molar-refractivity contribution is 0.0641. The molecule has 0 aromatic heterocycles. The van der Waals surface area contributed by atoms with Crippen molar-refractivity contribution in [3.8, 4) is 11.5 Å². The predicted molar refractivity (Wildman–Crippen MR) is 226 cm³/mol. The number of para-hydroxylation sites is 1. The summed E-state index contributed by atoms with van der Waals surface area (Å²) in [5.41, 5.74) is 5.16. The number of piperazine rings is 1. The molecule has 1 unspecified atom stereocenters. The summed E-state index contributed by atoms with van der Waals surface area (Å²) < 4.78 is 11.6. The first-order chi connectivity index (χ1) is 28.5. The number of methoxy groups -OCH3 is 1. The molecule has 0 radical (unpaired) electrons. The Balaban J connectivity index is 0.968. The van der Waals surface area contributed by atoms with Crippen LogP contribution in [-0.4, -0.2) is 105 Å². The van der Waals surface area contributed by atoms with E-state index in [2.05, 4.69) is 24.2 Å². The molecule has 1 saturated heterocycles. The van der Waals surface area contributed by atoms with Crippen LogP contribution >= 0.6 is 0 Å². The second-order valence-corrected chi connectivity index (χ2v) is 14.7. The number of nitrogens with one attached hydrogen (secondary N) is 1. The molecule has 0 bridgehead atoms. The zero-order valence-corrected chi connectivity index (χ0v) is 33.6. The molecule has 302 valence electrons. The molecular weight excluding hydrogens is 747 g/mol. The molecule has 1 atom stereocenters. The van der Waals surface area contributed by atoms with E-state index in [9.17, 15) is 24.0 Å². The van der Waals surface area contributed by atoms with Crippen molar-refractivity contribution >= 4 is 40.9 Å². The molecule has 1 fully saturated rings. The topological polar surface area (TPSA) is 129 Å². The van der Waals surface area contributed by atoms with E-state index >= 15 is 0 Å². The van der Waals surface area contributed by atoms with E-state index in [1.165, 1.54) is 12.0 Å².